The largest absolute Gasteiger partial charge is 0.344 e. The molecule has 0 unspecified atom stereocenters. The number of hydrogen-bond acceptors (Lipinski definition) is 2. The zero-order valence-electron chi connectivity index (χ0n) is 6.50. The third-order valence-corrected chi connectivity index (χ3v) is 2.17. The second-order valence-electron chi connectivity index (χ2n) is 2.52. The zero-order chi connectivity index (χ0) is 9.26. The van der Waals surface area contributed by atoms with E-state index < -0.39 is 0 Å². The van der Waals surface area contributed by atoms with Crippen molar-refractivity contribution in [3.8, 4) is 11.1 Å². The van der Waals surface area contributed by atoms with Gasteiger partial charge in [0.25, 0.3) is 0 Å². The van der Waals surface area contributed by atoms with Gasteiger partial charge in [-0.25, -0.2) is 0 Å². The molecule has 1 heterocycles. The molecular weight excluding hydrogens is 209 g/mol. The van der Waals surface area contributed by atoms with Crippen molar-refractivity contribution in [2.75, 3.05) is 0 Å². The molecule has 0 saturated carbocycles. The average Bonchev–Trinajstić information content (AvgIpc) is 2.51. The Hall–Kier alpha value is -0.990. The van der Waals surface area contributed by atoms with Crippen LogP contribution in [0, 0.1) is 0 Å². The van der Waals surface area contributed by atoms with Gasteiger partial charge in [0, 0.05) is 5.02 Å². The molecule has 4 heteroatoms. The van der Waals surface area contributed by atoms with Crippen molar-refractivity contribution in [1.29, 1.82) is 0 Å². The van der Waals surface area contributed by atoms with E-state index in [1.807, 2.05) is 12.1 Å². The van der Waals surface area contributed by atoms with Crippen LogP contribution >= 0.6 is 23.2 Å². The Morgan fingerprint density at radius 3 is 2.69 bits per heavy atom. The van der Waals surface area contributed by atoms with Crippen molar-refractivity contribution < 1.29 is 4.52 Å². The molecule has 0 amide bonds. The number of aromatic nitrogens is 1. The van der Waals surface area contributed by atoms with Crippen LogP contribution in [0.25, 0.3) is 11.1 Å². The lowest BCUT2D eigenvalue weighted by Gasteiger charge is -1.96. The molecule has 0 radical (unpaired) electrons. The SMILES string of the molecule is Clc1cccc(-c2cnoc2Cl)c1. The molecule has 0 aliphatic heterocycles. The monoisotopic (exact) mass is 213 g/mol. The molecule has 2 nitrogen and oxygen atoms in total. The standard InChI is InChI=1S/C9H5Cl2NO/c10-7-3-1-2-6(4-7)8-5-12-13-9(8)11/h1-5H. The predicted molar refractivity (Wildman–Crippen MR) is 52.0 cm³/mol. The summed E-state index contributed by atoms with van der Waals surface area (Å²) in [6, 6.07) is 7.34. The summed E-state index contributed by atoms with van der Waals surface area (Å²) in [7, 11) is 0. The fraction of sp³-hybridized carbons (Fsp3) is 0. The first kappa shape index (κ1) is 8.60. The third-order valence-electron chi connectivity index (χ3n) is 1.66. The Balaban J connectivity index is 2.53. The summed E-state index contributed by atoms with van der Waals surface area (Å²) in [6.07, 6.45) is 1.56. The normalized spacial score (nSPS) is 10.3. The molecule has 66 valence electrons. The third kappa shape index (κ3) is 1.69. The van der Waals surface area contributed by atoms with Gasteiger partial charge in [-0.1, -0.05) is 28.9 Å². The maximum absolute atomic E-state index is 5.82. The second-order valence-corrected chi connectivity index (χ2v) is 3.30. The van der Waals surface area contributed by atoms with E-state index in [1.54, 1.807) is 18.3 Å². The number of rotatable bonds is 1. The van der Waals surface area contributed by atoms with Crippen LogP contribution in [0.5, 0.6) is 0 Å². The molecular formula is C9H5Cl2NO. The minimum Gasteiger partial charge on any atom is -0.344 e. The van der Waals surface area contributed by atoms with E-state index in [-0.39, 0.29) is 5.22 Å². The molecule has 0 aliphatic rings. The van der Waals surface area contributed by atoms with Gasteiger partial charge < -0.3 is 4.52 Å². The molecule has 0 aliphatic carbocycles. The maximum Gasteiger partial charge on any atom is 0.233 e. The van der Waals surface area contributed by atoms with E-state index >= 15 is 0 Å². The summed E-state index contributed by atoms with van der Waals surface area (Å²) in [5, 5.41) is 4.52. The molecule has 1 aromatic heterocycles. The quantitative estimate of drug-likeness (QED) is 0.723. The minimum absolute atomic E-state index is 0.280. The first-order valence-corrected chi connectivity index (χ1v) is 4.39. The summed E-state index contributed by atoms with van der Waals surface area (Å²) in [5.74, 6) is 0. The van der Waals surface area contributed by atoms with Gasteiger partial charge >= 0.3 is 0 Å². The lowest BCUT2D eigenvalue weighted by molar-refractivity contribution is 0.422. The first-order chi connectivity index (χ1) is 6.27. The highest BCUT2D eigenvalue weighted by molar-refractivity contribution is 6.32. The van der Waals surface area contributed by atoms with Gasteiger partial charge in [0.2, 0.25) is 5.22 Å². The Kier molecular flexibility index (Phi) is 2.25. The van der Waals surface area contributed by atoms with Crippen LogP contribution in [0.2, 0.25) is 10.2 Å². The molecule has 2 aromatic rings. The molecule has 0 fully saturated rings. The fourth-order valence-electron chi connectivity index (χ4n) is 1.07. The van der Waals surface area contributed by atoms with Gasteiger partial charge in [-0.05, 0) is 29.3 Å². The number of benzene rings is 1. The van der Waals surface area contributed by atoms with E-state index in [0.29, 0.717) is 5.02 Å². The summed E-state index contributed by atoms with van der Waals surface area (Å²) < 4.78 is 4.73. The maximum atomic E-state index is 5.82. The van der Waals surface area contributed by atoms with E-state index in [1.165, 1.54) is 0 Å². The van der Waals surface area contributed by atoms with Crippen LogP contribution in [0.1, 0.15) is 0 Å². The first-order valence-electron chi connectivity index (χ1n) is 3.63. The highest BCUT2D eigenvalue weighted by Crippen LogP contribution is 2.28. The fourth-order valence-corrected chi connectivity index (χ4v) is 1.46. The Morgan fingerprint density at radius 2 is 2.08 bits per heavy atom. The van der Waals surface area contributed by atoms with Crippen LogP contribution in [0.3, 0.4) is 0 Å². The van der Waals surface area contributed by atoms with Crippen molar-refractivity contribution in [3.63, 3.8) is 0 Å². The minimum atomic E-state index is 0.280. The lowest BCUT2D eigenvalue weighted by atomic mass is 10.1. The van der Waals surface area contributed by atoms with Crippen molar-refractivity contribution in [1.82, 2.24) is 5.16 Å². The van der Waals surface area contributed by atoms with E-state index in [4.69, 9.17) is 27.7 Å². The molecule has 2 rings (SSSR count). The van der Waals surface area contributed by atoms with Gasteiger partial charge in [-0.15, -0.1) is 0 Å². The highest BCUT2D eigenvalue weighted by atomic mass is 35.5. The van der Waals surface area contributed by atoms with E-state index in [0.717, 1.165) is 11.1 Å². The molecule has 13 heavy (non-hydrogen) atoms. The Morgan fingerprint density at radius 1 is 1.23 bits per heavy atom. The Labute approximate surface area is 85.1 Å². The van der Waals surface area contributed by atoms with Gasteiger partial charge in [0.15, 0.2) is 0 Å². The van der Waals surface area contributed by atoms with Crippen molar-refractivity contribution in [3.05, 3.63) is 40.7 Å². The molecule has 1 aromatic carbocycles. The molecule has 0 saturated heterocycles. The van der Waals surface area contributed by atoms with Crippen LogP contribution in [-0.2, 0) is 0 Å². The van der Waals surface area contributed by atoms with Gasteiger partial charge in [-0.2, -0.15) is 0 Å². The van der Waals surface area contributed by atoms with Crippen LogP contribution in [0.15, 0.2) is 35.0 Å². The summed E-state index contributed by atoms with van der Waals surface area (Å²) in [6.45, 7) is 0. The highest BCUT2D eigenvalue weighted by Gasteiger charge is 2.07. The van der Waals surface area contributed by atoms with Gasteiger partial charge in [0.1, 0.15) is 0 Å². The lowest BCUT2D eigenvalue weighted by Crippen LogP contribution is -1.73. The van der Waals surface area contributed by atoms with E-state index in [2.05, 4.69) is 5.16 Å². The van der Waals surface area contributed by atoms with Gasteiger partial charge in [-0.3, -0.25) is 0 Å². The number of hydrogen-bond donors (Lipinski definition) is 0. The topological polar surface area (TPSA) is 26.0 Å². The zero-order valence-corrected chi connectivity index (χ0v) is 8.01. The summed E-state index contributed by atoms with van der Waals surface area (Å²) in [4.78, 5) is 0. The van der Waals surface area contributed by atoms with Crippen molar-refractivity contribution in [2.24, 2.45) is 0 Å². The molecule has 0 bridgehead atoms. The predicted octanol–water partition coefficient (Wildman–Crippen LogP) is 3.65. The van der Waals surface area contributed by atoms with E-state index in [9.17, 15) is 0 Å². The molecule has 0 spiro atoms. The molecule has 0 N–H and O–H groups in total. The number of halogens is 2. The summed E-state index contributed by atoms with van der Waals surface area (Å²) in [5.41, 5.74) is 1.66. The van der Waals surface area contributed by atoms with Crippen molar-refractivity contribution >= 4 is 23.2 Å². The average molecular weight is 214 g/mol. The summed E-state index contributed by atoms with van der Waals surface area (Å²) >= 11 is 11.6. The van der Waals surface area contributed by atoms with Crippen LogP contribution < -0.4 is 0 Å². The van der Waals surface area contributed by atoms with Crippen LogP contribution in [-0.4, -0.2) is 5.16 Å². The van der Waals surface area contributed by atoms with Crippen LogP contribution in [0.4, 0.5) is 0 Å². The van der Waals surface area contributed by atoms with Gasteiger partial charge in [0.05, 0.1) is 11.8 Å². The molecule has 0 atom stereocenters. The second kappa shape index (κ2) is 3.40. The van der Waals surface area contributed by atoms with Crippen molar-refractivity contribution in [2.45, 2.75) is 0 Å². The number of nitrogens with zero attached hydrogens (tertiary/aromatic N) is 1. The Bertz CT molecular complexity index is 425. The smallest absolute Gasteiger partial charge is 0.233 e.